The summed E-state index contributed by atoms with van der Waals surface area (Å²) in [7, 11) is 0. The number of rotatable bonds is 3. The fourth-order valence-corrected chi connectivity index (χ4v) is 5.11. The maximum atomic E-state index is 13.8. The van der Waals surface area contributed by atoms with Gasteiger partial charge in [0.1, 0.15) is 12.3 Å². The first-order valence-corrected chi connectivity index (χ1v) is 10.6. The maximum absolute atomic E-state index is 13.8. The van der Waals surface area contributed by atoms with Crippen molar-refractivity contribution in [1.29, 1.82) is 0 Å². The number of carbonyl (C=O) groups excluding carboxylic acids is 1. The van der Waals surface area contributed by atoms with E-state index in [1.165, 1.54) is 24.3 Å². The Labute approximate surface area is 160 Å². The SMILES string of the molecule is CC1CCCCC1OC1CN(C(=O)N2N=CC[C@H]2C2CC(F)CC(F)C2)C1. The molecule has 7 heteroatoms. The molecule has 2 aliphatic heterocycles. The molecule has 0 N–H and O–H groups in total. The van der Waals surface area contributed by atoms with Crippen LogP contribution in [-0.2, 0) is 4.74 Å². The summed E-state index contributed by atoms with van der Waals surface area (Å²) in [5, 5.41) is 5.70. The van der Waals surface area contributed by atoms with Gasteiger partial charge in [-0.05, 0) is 37.5 Å². The summed E-state index contributed by atoms with van der Waals surface area (Å²) in [6.45, 7) is 3.42. The van der Waals surface area contributed by atoms with Crippen LogP contribution < -0.4 is 0 Å². The molecule has 4 unspecified atom stereocenters. The molecule has 3 fully saturated rings. The molecule has 0 radical (unpaired) electrons. The third-order valence-corrected chi connectivity index (χ3v) is 6.75. The quantitative estimate of drug-likeness (QED) is 0.741. The van der Waals surface area contributed by atoms with Crippen molar-refractivity contribution >= 4 is 12.2 Å². The van der Waals surface area contributed by atoms with E-state index >= 15 is 0 Å². The van der Waals surface area contributed by atoms with Gasteiger partial charge < -0.3 is 9.64 Å². The van der Waals surface area contributed by atoms with Gasteiger partial charge in [-0.1, -0.05) is 19.8 Å². The number of hydrazone groups is 1. The van der Waals surface area contributed by atoms with Crippen molar-refractivity contribution in [3.63, 3.8) is 0 Å². The number of ether oxygens (including phenoxy) is 1. The number of hydrogen-bond acceptors (Lipinski definition) is 3. The second-order valence-electron chi connectivity index (χ2n) is 8.85. The van der Waals surface area contributed by atoms with Crippen LogP contribution in [0.4, 0.5) is 13.6 Å². The fraction of sp³-hybridized carbons (Fsp3) is 0.900. The summed E-state index contributed by atoms with van der Waals surface area (Å²) >= 11 is 0. The number of hydrogen-bond donors (Lipinski definition) is 0. The number of alkyl halides is 2. The number of amides is 2. The first-order valence-electron chi connectivity index (χ1n) is 10.6. The normalized spacial score (nSPS) is 40.3. The molecule has 0 aromatic rings. The van der Waals surface area contributed by atoms with Gasteiger partial charge in [-0.15, -0.1) is 0 Å². The molecule has 27 heavy (non-hydrogen) atoms. The minimum absolute atomic E-state index is 0.0112. The molecular formula is C20H31F2N3O2. The molecule has 4 aliphatic rings. The van der Waals surface area contributed by atoms with Crippen LogP contribution in [0, 0.1) is 11.8 Å². The van der Waals surface area contributed by atoms with Gasteiger partial charge >= 0.3 is 6.03 Å². The van der Waals surface area contributed by atoms with Crippen LogP contribution in [-0.4, -0.2) is 65.8 Å². The first-order chi connectivity index (χ1) is 13.0. The van der Waals surface area contributed by atoms with Gasteiger partial charge in [0.2, 0.25) is 0 Å². The van der Waals surface area contributed by atoms with E-state index < -0.39 is 12.3 Å². The van der Waals surface area contributed by atoms with Crippen LogP contribution in [0.1, 0.15) is 58.3 Å². The predicted molar refractivity (Wildman–Crippen MR) is 99.1 cm³/mol. The van der Waals surface area contributed by atoms with Crippen molar-refractivity contribution in [2.24, 2.45) is 16.9 Å². The fourth-order valence-electron chi connectivity index (χ4n) is 5.11. The molecule has 0 spiro atoms. The highest BCUT2D eigenvalue weighted by molar-refractivity contribution is 5.79. The van der Waals surface area contributed by atoms with Gasteiger partial charge in [0.25, 0.3) is 0 Å². The molecule has 152 valence electrons. The average Bonchev–Trinajstić information content (AvgIpc) is 3.07. The molecule has 0 bridgehead atoms. The third kappa shape index (κ3) is 4.13. The van der Waals surface area contributed by atoms with Crippen LogP contribution in [0.2, 0.25) is 0 Å². The standard InChI is InChI=1S/C20H31F2N3O2/c1-13-4-2-3-5-19(13)27-17-11-24(12-17)20(26)25-18(6-7-23-25)14-8-15(21)10-16(22)9-14/h7,13-19H,2-6,8-12H2,1H3/t13?,14?,15?,16?,18-,19?/m0/s1. The highest BCUT2D eigenvalue weighted by Gasteiger charge is 2.43. The van der Waals surface area contributed by atoms with E-state index in [2.05, 4.69) is 12.0 Å². The summed E-state index contributed by atoms with van der Waals surface area (Å²) < 4.78 is 33.8. The lowest BCUT2D eigenvalue weighted by Crippen LogP contribution is -2.60. The zero-order valence-corrected chi connectivity index (χ0v) is 16.1. The van der Waals surface area contributed by atoms with Gasteiger partial charge in [-0.2, -0.15) is 5.10 Å². The molecule has 0 aromatic heterocycles. The van der Waals surface area contributed by atoms with Crippen molar-refractivity contribution in [2.45, 2.75) is 88.9 Å². The van der Waals surface area contributed by atoms with Crippen LogP contribution in [0.3, 0.4) is 0 Å². The summed E-state index contributed by atoms with van der Waals surface area (Å²) in [6.07, 6.45) is 5.94. The second kappa shape index (κ2) is 8.02. The van der Waals surface area contributed by atoms with Gasteiger partial charge in [-0.25, -0.2) is 18.6 Å². The second-order valence-corrected chi connectivity index (χ2v) is 8.85. The van der Waals surface area contributed by atoms with Crippen LogP contribution >= 0.6 is 0 Å². The molecule has 1 saturated heterocycles. The van der Waals surface area contributed by atoms with Crippen molar-refractivity contribution in [2.75, 3.05) is 13.1 Å². The van der Waals surface area contributed by atoms with E-state index in [9.17, 15) is 13.6 Å². The van der Waals surface area contributed by atoms with E-state index in [1.807, 2.05) is 0 Å². The lowest BCUT2D eigenvalue weighted by Gasteiger charge is -2.44. The molecule has 2 heterocycles. The molecule has 5 nitrogen and oxygen atoms in total. The summed E-state index contributed by atoms with van der Waals surface area (Å²) in [5.74, 6) is 0.427. The van der Waals surface area contributed by atoms with Gasteiger partial charge in [-0.3, -0.25) is 0 Å². The first kappa shape index (κ1) is 19.1. The van der Waals surface area contributed by atoms with Crippen molar-refractivity contribution in [3.8, 4) is 0 Å². The van der Waals surface area contributed by atoms with E-state index in [-0.39, 0.29) is 30.5 Å². The van der Waals surface area contributed by atoms with Crippen LogP contribution in [0.15, 0.2) is 5.10 Å². The number of carbonyl (C=O) groups is 1. The average molecular weight is 383 g/mol. The van der Waals surface area contributed by atoms with E-state index in [0.29, 0.717) is 44.4 Å². The van der Waals surface area contributed by atoms with E-state index in [0.717, 1.165) is 6.42 Å². The zero-order valence-electron chi connectivity index (χ0n) is 16.1. The van der Waals surface area contributed by atoms with E-state index in [4.69, 9.17) is 4.74 Å². The molecular weight excluding hydrogens is 352 g/mol. The van der Waals surface area contributed by atoms with Gasteiger partial charge in [0.05, 0.1) is 31.3 Å². The van der Waals surface area contributed by atoms with Gasteiger partial charge in [0.15, 0.2) is 0 Å². The smallest absolute Gasteiger partial charge is 0.340 e. The predicted octanol–water partition coefficient (Wildman–Crippen LogP) is 3.92. The number of nitrogens with zero attached hydrogens (tertiary/aromatic N) is 3. The highest BCUT2D eigenvalue weighted by Crippen LogP contribution is 2.36. The Morgan fingerprint density at radius 3 is 2.52 bits per heavy atom. The highest BCUT2D eigenvalue weighted by atomic mass is 19.1. The molecule has 2 saturated carbocycles. The van der Waals surface area contributed by atoms with Gasteiger partial charge in [0, 0.05) is 19.1 Å². The Hall–Kier alpha value is -1.24. The van der Waals surface area contributed by atoms with E-state index in [1.54, 1.807) is 11.1 Å². The third-order valence-electron chi connectivity index (χ3n) is 6.75. The Morgan fingerprint density at radius 1 is 1.11 bits per heavy atom. The van der Waals surface area contributed by atoms with Crippen LogP contribution in [0.25, 0.3) is 0 Å². The lowest BCUT2D eigenvalue weighted by atomic mass is 9.81. The van der Waals surface area contributed by atoms with Crippen LogP contribution in [0.5, 0.6) is 0 Å². The monoisotopic (exact) mass is 383 g/mol. The number of likely N-dealkylation sites (tertiary alicyclic amines) is 1. The Kier molecular flexibility index (Phi) is 5.67. The Bertz CT molecular complexity index is 559. The molecule has 2 amide bonds. The summed E-state index contributed by atoms with van der Waals surface area (Å²) in [5.41, 5.74) is 0. The van der Waals surface area contributed by atoms with Crippen molar-refractivity contribution < 1.29 is 18.3 Å². The van der Waals surface area contributed by atoms with Crippen molar-refractivity contribution in [1.82, 2.24) is 9.91 Å². The summed E-state index contributed by atoms with van der Waals surface area (Å²) in [6, 6.07) is -0.366. The maximum Gasteiger partial charge on any atom is 0.340 e. The number of halogens is 2. The molecule has 4 rings (SSSR count). The van der Waals surface area contributed by atoms with Crippen molar-refractivity contribution in [3.05, 3.63) is 0 Å². The minimum Gasteiger partial charge on any atom is -0.371 e. The Morgan fingerprint density at radius 2 is 1.81 bits per heavy atom. The zero-order chi connectivity index (χ0) is 19.0. The lowest BCUT2D eigenvalue weighted by molar-refractivity contribution is -0.108. The summed E-state index contributed by atoms with van der Waals surface area (Å²) in [4.78, 5) is 14.6. The molecule has 2 aliphatic carbocycles. The molecule has 5 atom stereocenters. The molecule has 0 aromatic carbocycles. The Balaban J connectivity index is 1.29. The largest absolute Gasteiger partial charge is 0.371 e. The number of urea groups is 1. The minimum atomic E-state index is -1.12. The topological polar surface area (TPSA) is 45.1 Å².